The molecule has 102 valence electrons. The van der Waals surface area contributed by atoms with E-state index >= 15 is 0 Å². The predicted octanol–water partition coefficient (Wildman–Crippen LogP) is 2.85. The third kappa shape index (κ3) is 2.73. The van der Waals surface area contributed by atoms with E-state index < -0.39 is 0 Å². The molecular weight excluding hydrogens is 264 g/mol. The molecule has 1 aromatic carbocycles. The Bertz CT molecular complexity index is 542. The van der Waals surface area contributed by atoms with Crippen LogP contribution in [0.2, 0.25) is 5.02 Å². The quantitative estimate of drug-likeness (QED) is 0.922. The van der Waals surface area contributed by atoms with Gasteiger partial charge in [0.15, 0.2) is 0 Å². The Morgan fingerprint density at radius 2 is 2.26 bits per heavy atom. The maximum absolute atomic E-state index is 10.9. The molecule has 1 aliphatic heterocycles. The monoisotopic (exact) mass is 280 g/mol. The largest absolute Gasteiger partial charge is 0.495 e. The van der Waals surface area contributed by atoms with Crippen LogP contribution in [0.3, 0.4) is 0 Å². The SMILES string of the molecule is COc1cc2c(cc1Cl)N=CC2(C)CCNC(C)=O. The minimum absolute atomic E-state index is 0.0209. The standard InChI is InChI=1S/C14H17ClN2O2/c1-9(18)16-5-4-14(2)8-17-12-7-11(15)13(19-3)6-10(12)14/h6-8H,4-5H2,1-3H3,(H,16,18). The molecule has 0 aromatic heterocycles. The average molecular weight is 281 g/mol. The molecule has 1 N–H and O–H groups in total. The van der Waals surface area contributed by atoms with Crippen molar-refractivity contribution >= 4 is 29.4 Å². The van der Waals surface area contributed by atoms with Crippen molar-refractivity contribution in [1.82, 2.24) is 5.32 Å². The summed E-state index contributed by atoms with van der Waals surface area (Å²) >= 11 is 6.09. The Balaban J connectivity index is 2.24. The minimum atomic E-state index is -0.199. The molecule has 1 unspecified atom stereocenters. The summed E-state index contributed by atoms with van der Waals surface area (Å²) in [5.74, 6) is 0.629. The van der Waals surface area contributed by atoms with Gasteiger partial charge in [-0.05, 0) is 24.1 Å². The summed E-state index contributed by atoms with van der Waals surface area (Å²) in [6, 6.07) is 3.74. The second-order valence-electron chi connectivity index (χ2n) is 4.91. The van der Waals surface area contributed by atoms with Gasteiger partial charge in [-0.1, -0.05) is 18.5 Å². The van der Waals surface area contributed by atoms with Crippen molar-refractivity contribution in [2.24, 2.45) is 4.99 Å². The first-order chi connectivity index (χ1) is 8.96. The first-order valence-corrected chi connectivity index (χ1v) is 6.52. The lowest BCUT2D eigenvalue weighted by atomic mass is 9.81. The van der Waals surface area contributed by atoms with E-state index in [-0.39, 0.29) is 11.3 Å². The number of hydrogen-bond acceptors (Lipinski definition) is 3. The lowest BCUT2D eigenvalue weighted by molar-refractivity contribution is -0.118. The molecule has 0 radical (unpaired) electrons. The highest BCUT2D eigenvalue weighted by molar-refractivity contribution is 6.32. The molecule has 0 fully saturated rings. The summed E-state index contributed by atoms with van der Waals surface area (Å²) in [6.07, 6.45) is 2.70. The van der Waals surface area contributed by atoms with Crippen LogP contribution in [0.4, 0.5) is 5.69 Å². The number of amides is 1. The van der Waals surface area contributed by atoms with Crippen LogP contribution in [0.25, 0.3) is 0 Å². The van der Waals surface area contributed by atoms with Gasteiger partial charge >= 0.3 is 0 Å². The molecule has 0 aliphatic carbocycles. The van der Waals surface area contributed by atoms with E-state index in [1.54, 1.807) is 7.11 Å². The van der Waals surface area contributed by atoms with Gasteiger partial charge in [0.05, 0.1) is 17.8 Å². The number of nitrogens with one attached hydrogen (secondary N) is 1. The van der Waals surface area contributed by atoms with Gasteiger partial charge in [-0.3, -0.25) is 9.79 Å². The van der Waals surface area contributed by atoms with Crippen LogP contribution in [-0.2, 0) is 10.2 Å². The van der Waals surface area contributed by atoms with Gasteiger partial charge in [-0.2, -0.15) is 0 Å². The fourth-order valence-electron chi connectivity index (χ4n) is 2.24. The average Bonchev–Trinajstić information content (AvgIpc) is 2.65. The van der Waals surface area contributed by atoms with E-state index in [4.69, 9.17) is 16.3 Å². The maximum atomic E-state index is 10.9. The van der Waals surface area contributed by atoms with Gasteiger partial charge in [0, 0.05) is 25.1 Å². The molecule has 19 heavy (non-hydrogen) atoms. The van der Waals surface area contributed by atoms with E-state index in [0.29, 0.717) is 17.3 Å². The zero-order valence-corrected chi connectivity index (χ0v) is 12.0. The molecule has 1 atom stereocenters. The molecule has 0 saturated carbocycles. The Morgan fingerprint density at radius 1 is 1.53 bits per heavy atom. The summed E-state index contributed by atoms with van der Waals surface area (Å²) in [5.41, 5.74) is 1.76. The lowest BCUT2D eigenvalue weighted by Gasteiger charge is -2.23. The number of fused-ring (bicyclic) bond motifs is 1. The number of halogens is 1. The number of aliphatic imine (C=N–C) groups is 1. The van der Waals surface area contributed by atoms with Crippen LogP contribution >= 0.6 is 11.6 Å². The zero-order valence-electron chi connectivity index (χ0n) is 11.3. The molecule has 0 spiro atoms. The number of benzene rings is 1. The maximum Gasteiger partial charge on any atom is 0.216 e. The molecule has 0 bridgehead atoms. The van der Waals surface area contributed by atoms with E-state index in [0.717, 1.165) is 17.7 Å². The molecule has 1 aromatic rings. The summed E-state index contributed by atoms with van der Waals surface area (Å²) in [5, 5.41) is 3.37. The molecule has 2 rings (SSSR count). The molecule has 1 heterocycles. The number of nitrogens with zero attached hydrogens (tertiary/aromatic N) is 1. The van der Waals surface area contributed by atoms with Crippen LogP contribution in [0.15, 0.2) is 17.1 Å². The minimum Gasteiger partial charge on any atom is -0.495 e. The van der Waals surface area contributed by atoms with Crippen molar-refractivity contribution in [2.75, 3.05) is 13.7 Å². The van der Waals surface area contributed by atoms with E-state index in [9.17, 15) is 4.79 Å². The normalized spacial score (nSPS) is 20.2. The highest BCUT2D eigenvalue weighted by atomic mass is 35.5. The highest BCUT2D eigenvalue weighted by Gasteiger charge is 2.32. The molecule has 0 saturated heterocycles. The third-order valence-electron chi connectivity index (χ3n) is 3.39. The van der Waals surface area contributed by atoms with Crippen LogP contribution in [0.1, 0.15) is 25.8 Å². The van der Waals surface area contributed by atoms with Crippen LogP contribution < -0.4 is 10.1 Å². The summed E-state index contributed by atoms with van der Waals surface area (Å²) in [6.45, 7) is 4.22. The third-order valence-corrected chi connectivity index (χ3v) is 3.69. The summed E-state index contributed by atoms with van der Waals surface area (Å²) < 4.78 is 5.25. The fraction of sp³-hybridized carbons (Fsp3) is 0.429. The van der Waals surface area contributed by atoms with Crippen molar-refractivity contribution in [1.29, 1.82) is 0 Å². The summed E-state index contributed by atoms with van der Waals surface area (Å²) in [7, 11) is 1.60. The number of carbonyl (C=O) groups is 1. The molecule has 5 heteroatoms. The molecule has 4 nitrogen and oxygen atoms in total. The first kappa shape index (κ1) is 13.9. The van der Waals surface area contributed by atoms with Crippen molar-refractivity contribution < 1.29 is 9.53 Å². The second-order valence-corrected chi connectivity index (χ2v) is 5.32. The Labute approximate surface area is 117 Å². The Morgan fingerprint density at radius 3 is 2.89 bits per heavy atom. The second kappa shape index (κ2) is 5.21. The number of hydrogen-bond donors (Lipinski definition) is 1. The van der Waals surface area contributed by atoms with Gasteiger partial charge in [0.1, 0.15) is 5.75 Å². The predicted molar refractivity (Wildman–Crippen MR) is 76.8 cm³/mol. The van der Waals surface area contributed by atoms with Gasteiger partial charge in [0.2, 0.25) is 5.91 Å². The Kier molecular flexibility index (Phi) is 3.80. The van der Waals surface area contributed by atoms with Crippen LogP contribution in [0.5, 0.6) is 5.75 Å². The highest BCUT2D eigenvalue weighted by Crippen LogP contribution is 2.43. The molecule has 1 amide bonds. The van der Waals surface area contributed by atoms with E-state index in [1.807, 2.05) is 18.3 Å². The van der Waals surface area contributed by atoms with Crippen molar-refractivity contribution in [3.05, 3.63) is 22.7 Å². The summed E-state index contributed by atoms with van der Waals surface area (Å²) in [4.78, 5) is 15.3. The number of carbonyl (C=O) groups excluding carboxylic acids is 1. The van der Waals surface area contributed by atoms with Crippen molar-refractivity contribution in [3.8, 4) is 5.75 Å². The smallest absolute Gasteiger partial charge is 0.216 e. The van der Waals surface area contributed by atoms with Crippen LogP contribution in [-0.4, -0.2) is 25.8 Å². The number of ether oxygens (including phenoxy) is 1. The van der Waals surface area contributed by atoms with E-state index in [1.165, 1.54) is 6.92 Å². The fourth-order valence-corrected chi connectivity index (χ4v) is 2.48. The van der Waals surface area contributed by atoms with E-state index in [2.05, 4.69) is 17.2 Å². The topological polar surface area (TPSA) is 50.7 Å². The zero-order chi connectivity index (χ0) is 14.0. The van der Waals surface area contributed by atoms with Gasteiger partial charge in [-0.25, -0.2) is 0 Å². The van der Waals surface area contributed by atoms with Gasteiger partial charge < -0.3 is 10.1 Å². The first-order valence-electron chi connectivity index (χ1n) is 6.14. The number of methoxy groups -OCH3 is 1. The lowest BCUT2D eigenvalue weighted by Crippen LogP contribution is -2.30. The molecular formula is C14H17ClN2O2. The van der Waals surface area contributed by atoms with Gasteiger partial charge in [0.25, 0.3) is 0 Å². The number of rotatable bonds is 4. The molecule has 1 aliphatic rings. The van der Waals surface area contributed by atoms with Crippen molar-refractivity contribution in [2.45, 2.75) is 25.7 Å². The van der Waals surface area contributed by atoms with Gasteiger partial charge in [-0.15, -0.1) is 0 Å². The van der Waals surface area contributed by atoms with Crippen LogP contribution in [0, 0.1) is 0 Å². The van der Waals surface area contributed by atoms with Crippen molar-refractivity contribution in [3.63, 3.8) is 0 Å². The Hall–Kier alpha value is -1.55.